The normalized spacial score (nSPS) is 19.8. The van der Waals surface area contributed by atoms with E-state index in [0.29, 0.717) is 16.9 Å². The number of nitrogens with two attached hydrogens (primary N) is 1. The Morgan fingerprint density at radius 3 is 2.97 bits per heavy atom. The molecule has 1 aliphatic rings. The quantitative estimate of drug-likeness (QED) is 0.519. The first-order chi connectivity index (χ1) is 14.0. The van der Waals surface area contributed by atoms with Crippen molar-refractivity contribution in [3.05, 3.63) is 53.9 Å². The van der Waals surface area contributed by atoms with Crippen LogP contribution in [-0.4, -0.2) is 41.1 Å². The number of unbranched alkanes of at least 4 members (excludes halogenated alkanes) is 2. The molecule has 156 valence electrons. The number of pyridine rings is 1. The molecule has 0 spiro atoms. The van der Waals surface area contributed by atoms with E-state index in [0.717, 1.165) is 38.3 Å². The van der Waals surface area contributed by atoms with Crippen LogP contribution < -0.4 is 11.1 Å². The first-order valence-electron chi connectivity index (χ1n) is 10.4. The van der Waals surface area contributed by atoms with Gasteiger partial charge in [-0.25, -0.2) is 0 Å². The van der Waals surface area contributed by atoms with E-state index in [-0.39, 0.29) is 11.4 Å². The van der Waals surface area contributed by atoms with Gasteiger partial charge in [0.2, 0.25) is 0 Å². The summed E-state index contributed by atoms with van der Waals surface area (Å²) in [7, 11) is 0. The summed E-state index contributed by atoms with van der Waals surface area (Å²) in [6, 6.07) is 9.33. The maximum atomic E-state index is 12.7. The van der Waals surface area contributed by atoms with E-state index in [4.69, 9.17) is 10.5 Å². The topological polar surface area (TPSA) is 80.5 Å². The summed E-state index contributed by atoms with van der Waals surface area (Å²) in [5.41, 5.74) is 8.82. The van der Waals surface area contributed by atoms with E-state index in [9.17, 15) is 4.79 Å². The minimum absolute atomic E-state index is 0.0208. The predicted octanol–water partition coefficient (Wildman–Crippen LogP) is 4.09. The SMILES string of the molecule is CCCCCC1(C)COCCN1Cc1ccc(N)c(C(=O)Nc2cccnc2)c1. The summed E-state index contributed by atoms with van der Waals surface area (Å²) in [6.45, 7) is 7.68. The lowest BCUT2D eigenvalue weighted by Crippen LogP contribution is -2.54. The van der Waals surface area contributed by atoms with E-state index in [1.165, 1.54) is 19.3 Å². The van der Waals surface area contributed by atoms with Gasteiger partial charge in [0.1, 0.15) is 0 Å². The van der Waals surface area contributed by atoms with Crippen LogP contribution in [0.1, 0.15) is 55.5 Å². The third kappa shape index (κ3) is 5.55. The number of hydrogen-bond acceptors (Lipinski definition) is 5. The number of hydrogen-bond donors (Lipinski definition) is 2. The summed E-state index contributed by atoms with van der Waals surface area (Å²) in [4.78, 5) is 19.2. The van der Waals surface area contributed by atoms with Crippen molar-refractivity contribution in [2.75, 3.05) is 30.8 Å². The number of carbonyl (C=O) groups is 1. The van der Waals surface area contributed by atoms with Crippen molar-refractivity contribution in [2.24, 2.45) is 0 Å². The van der Waals surface area contributed by atoms with Crippen LogP contribution in [0.3, 0.4) is 0 Å². The standard InChI is InChI=1S/C23H32N4O2/c1-3-4-5-10-23(2)17-29-13-12-27(23)16-18-8-9-21(24)20(14-18)22(28)26-19-7-6-11-25-15-19/h6-9,11,14-15H,3-5,10,12-13,16-17,24H2,1-2H3,(H,26,28). The van der Waals surface area contributed by atoms with Crippen LogP contribution in [0.2, 0.25) is 0 Å². The van der Waals surface area contributed by atoms with Gasteiger partial charge >= 0.3 is 0 Å². The molecular formula is C23H32N4O2. The van der Waals surface area contributed by atoms with Crippen molar-refractivity contribution in [2.45, 2.75) is 51.6 Å². The Kier molecular flexibility index (Phi) is 7.23. The van der Waals surface area contributed by atoms with E-state index in [2.05, 4.69) is 29.0 Å². The number of nitrogens with one attached hydrogen (secondary N) is 1. The molecule has 6 nitrogen and oxygen atoms in total. The Labute approximate surface area is 173 Å². The largest absolute Gasteiger partial charge is 0.398 e. The van der Waals surface area contributed by atoms with Crippen LogP contribution in [-0.2, 0) is 11.3 Å². The second-order valence-electron chi connectivity index (χ2n) is 8.05. The van der Waals surface area contributed by atoms with E-state index in [1.54, 1.807) is 24.5 Å². The number of aromatic nitrogens is 1. The summed E-state index contributed by atoms with van der Waals surface area (Å²) >= 11 is 0. The molecule has 1 unspecified atom stereocenters. The average Bonchev–Trinajstić information content (AvgIpc) is 2.72. The lowest BCUT2D eigenvalue weighted by Gasteiger charge is -2.45. The fourth-order valence-corrected chi connectivity index (χ4v) is 3.84. The maximum Gasteiger partial charge on any atom is 0.257 e. The third-order valence-electron chi connectivity index (χ3n) is 5.66. The summed E-state index contributed by atoms with van der Waals surface area (Å²) in [5, 5.41) is 2.87. The number of anilines is 2. The minimum atomic E-state index is -0.218. The molecule has 6 heteroatoms. The molecule has 3 rings (SSSR count). The smallest absolute Gasteiger partial charge is 0.257 e. The van der Waals surface area contributed by atoms with Gasteiger partial charge in [0, 0.05) is 30.5 Å². The first kappa shape index (κ1) is 21.3. The van der Waals surface area contributed by atoms with Gasteiger partial charge in [-0.2, -0.15) is 0 Å². The number of nitrogen functional groups attached to an aromatic ring is 1. The number of amides is 1. The molecule has 2 aromatic rings. The van der Waals surface area contributed by atoms with Crippen molar-refractivity contribution < 1.29 is 9.53 Å². The molecule has 1 aromatic carbocycles. The van der Waals surface area contributed by atoms with Gasteiger partial charge in [-0.15, -0.1) is 0 Å². The van der Waals surface area contributed by atoms with Crippen LogP contribution in [0.25, 0.3) is 0 Å². The van der Waals surface area contributed by atoms with Crippen molar-refractivity contribution in [3.63, 3.8) is 0 Å². The zero-order chi connectivity index (χ0) is 20.7. The molecule has 0 saturated carbocycles. The Morgan fingerprint density at radius 1 is 1.34 bits per heavy atom. The van der Waals surface area contributed by atoms with Gasteiger partial charge in [0.05, 0.1) is 30.7 Å². The van der Waals surface area contributed by atoms with Crippen LogP contribution in [0.4, 0.5) is 11.4 Å². The van der Waals surface area contributed by atoms with E-state index >= 15 is 0 Å². The van der Waals surface area contributed by atoms with Crippen molar-refractivity contribution in [1.82, 2.24) is 9.88 Å². The zero-order valence-electron chi connectivity index (χ0n) is 17.5. The highest BCUT2D eigenvalue weighted by molar-refractivity contribution is 6.07. The van der Waals surface area contributed by atoms with Gasteiger partial charge in [0.25, 0.3) is 5.91 Å². The Hall–Kier alpha value is -2.44. The van der Waals surface area contributed by atoms with Gasteiger partial charge in [0.15, 0.2) is 0 Å². The third-order valence-corrected chi connectivity index (χ3v) is 5.66. The Morgan fingerprint density at radius 2 is 2.21 bits per heavy atom. The maximum absolute atomic E-state index is 12.7. The highest BCUT2D eigenvalue weighted by atomic mass is 16.5. The number of benzene rings is 1. The lowest BCUT2D eigenvalue weighted by atomic mass is 9.91. The monoisotopic (exact) mass is 396 g/mol. The molecule has 1 atom stereocenters. The molecule has 0 aliphatic carbocycles. The Bertz CT molecular complexity index is 812. The summed E-state index contributed by atoms with van der Waals surface area (Å²) in [5.74, 6) is -0.218. The van der Waals surface area contributed by atoms with Gasteiger partial charge in [-0.1, -0.05) is 32.3 Å². The van der Waals surface area contributed by atoms with Crippen LogP contribution in [0.5, 0.6) is 0 Å². The first-order valence-corrected chi connectivity index (χ1v) is 10.4. The number of ether oxygens (including phenoxy) is 1. The second kappa shape index (κ2) is 9.85. The molecule has 1 fully saturated rings. The fourth-order valence-electron chi connectivity index (χ4n) is 3.84. The molecule has 1 amide bonds. The highest BCUT2D eigenvalue weighted by Crippen LogP contribution is 2.28. The minimum Gasteiger partial charge on any atom is -0.398 e. The highest BCUT2D eigenvalue weighted by Gasteiger charge is 2.34. The van der Waals surface area contributed by atoms with Crippen LogP contribution >= 0.6 is 0 Å². The molecule has 1 aliphatic heterocycles. The van der Waals surface area contributed by atoms with Gasteiger partial charge in [-0.05, 0) is 43.2 Å². The molecule has 1 saturated heterocycles. The van der Waals surface area contributed by atoms with E-state index in [1.807, 2.05) is 18.2 Å². The van der Waals surface area contributed by atoms with Crippen molar-refractivity contribution in [1.29, 1.82) is 0 Å². The number of morpholine rings is 1. The van der Waals surface area contributed by atoms with Crippen LogP contribution in [0.15, 0.2) is 42.7 Å². The molecule has 29 heavy (non-hydrogen) atoms. The number of rotatable bonds is 8. The number of nitrogens with zero attached hydrogens (tertiary/aromatic N) is 2. The van der Waals surface area contributed by atoms with Gasteiger partial charge in [-0.3, -0.25) is 14.7 Å². The average molecular weight is 397 g/mol. The molecule has 0 bridgehead atoms. The van der Waals surface area contributed by atoms with Crippen molar-refractivity contribution in [3.8, 4) is 0 Å². The number of carbonyl (C=O) groups excluding carboxylic acids is 1. The molecule has 0 radical (unpaired) electrons. The summed E-state index contributed by atoms with van der Waals surface area (Å²) in [6.07, 6.45) is 8.06. The van der Waals surface area contributed by atoms with Gasteiger partial charge < -0.3 is 15.8 Å². The van der Waals surface area contributed by atoms with Crippen molar-refractivity contribution >= 4 is 17.3 Å². The second-order valence-corrected chi connectivity index (χ2v) is 8.05. The zero-order valence-corrected chi connectivity index (χ0v) is 17.5. The molecule has 1 aromatic heterocycles. The molecule has 3 N–H and O–H groups in total. The molecular weight excluding hydrogens is 364 g/mol. The van der Waals surface area contributed by atoms with E-state index < -0.39 is 0 Å². The lowest BCUT2D eigenvalue weighted by molar-refractivity contribution is -0.0692. The fraction of sp³-hybridized carbons (Fsp3) is 0.478. The Balaban J connectivity index is 1.73. The predicted molar refractivity (Wildman–Crippen MR) is 117 cm³/mol. The van der Waals surface area contributed by atoms with Crippen LogP contribution in [0, 0.1) is 0 Å². The molecule has 2 heterocycles. The summed E-state index contributed by atoms with van der Waals surface area (Å²) < 4.78 is 5.80.